The Kier molecular flexibility index (Phi) is 10.5. The molecule has 2 aromatic carbocycles. The first-order valence-corrected chi connectivity index (χ1v) is 31.8. The molecule has 7 aliphatic heterocycles. The number of hydrogen-bond acceptors (Lipinski definition) is 10. The van der Waals surface area contributed by atoms with Crippen molar-refractivity contribution in [3.63, 3.8) is 0 Å². The third-order valence-electron chi connectivity index (χ3n) is 24.7. The lowest BCUT2D eigenvalue weighted by molar-refractivity contribution is -0.278. The van der Waals surface area contributed by atoms with E-state index in [1.54, 1.807) is 18.2 Å². The Morgan fingerprint density at radius 1 is 0.729 bits per heavy atom. The van der Waals surface area contributed by atoms with Gasteiger partial charge in [0.1, 0.15) is 24.7 Å². The molecule has 15 aliphatic rings. The number of carboxylic acids is 1. The van der Waals surface area contributed by atoms with Crippen molar-refractivity contribution >= 4 is 34.7 Å². The fraction of sp³-hybridized carbons (Fsp3) is 0.559. The molecule has 18 rings (SSSR count). The molecule has 2 amide bonds. The first kappa shape index (κ1) is 51.6. The number of rotatable bonds is 11. The minimum absolute atomic E-state index is 0.0120. The van der Waals surface area contributed by atoms with Gasteiger partial charge in [0.25, 0.3) is 0 Å². The van der Waals surface area contributed by atoms with E-state index in [9.17, 15) is 27.9 Å². The Bertz CT molecular complexity index is 3780. The van der Waals surface area contributed by atoms with Crippen molar-refractivity contribution < 1.29 is 51.7 Å². The van der Waals surface area contributed by atoms with Gasteiger partial charge < -0.3 is 38.6 Å². The summed E-state index contributed by atoms with van der Waals surface area (Å²) in [6, 6.07) is 10.9. The van der Waals surface area contributed by atoms with Gasteiger partial charge >= 0.3 is 18.3 Å². The number of fused-ring (bicyclic) bond motifs is 13. The number of piperazine rings is 2. The quantitative estimate of drug-likeness (QED) is 0.145. The van der Waals surface area contributed by atoms with Gasteiger partial charge in [-0.3, -0.25) is 19.4 Å². The largest absolute Gasteiger partial charge is 0.573 e. The van der Waals surface area contributed by atoms with Crippen LogP contribution in [0.25, 0.3) is 22.2 Å². The van der Waals surface area contributed by atoms with Crippen molar-refractivity contribution in [3.05, 3.63) is 123 Å². The van der Waals surface area contributed by atoms with E-state index in [1.807, 2.05) is 36.4 Å². The molecule has 442 valence electrons. The van der Waals surface area contributed by atoms with E-state index in [0.717, 1.165) is 135 Å². The maximum Gasteiger partial charge on any atom is 0.573 e. The number of nitrogens with zero attached hydrogens (tertiary/aromatic N) is 6. The Labute approximate surface area is 491 Å². The van der Waals surface area contributed by atoms with Crippen molar-refractivity contribution in [1.29, 1.82) is 0 Å². The molecule has 8 heterocycles. The molecule has 17 heteroatoms. The molecule has 1 N–H and O–H groups in total. The number of halogens is 3. The van der Waals surface area contributed by atoms with Crippen molar-refractivity contribution in [3.8, 4) is 17.0 Å². The Hall–Kier alpha value is -6.59. The van der Waals surface area contributed by atoms with Crippen LogP contribution in [0.2, 0.25) is 0 Å². The third kappa shape index (κ3) is 6.70. The molecule has 3 aromatic rings. The summed E-state index contributed by atoms with van der Waals surface area (Å²) in [4.78, 5) is 69.5. The van der Waals surface area contributed by atoms with Crippen LogP contribution in [0.5, 0.6) is 5.75 Å². The number of allylic oxidation sites excluding steroid dienone is 5. The zero-order valence-electron chi connectivity index (χ0n) is 48.2. The Morgan fingerprint density at radius 2 is 1.45 bits per heavy atom. The average molecular weight is 1160 g/mol. The fourth-order valence-electron chi connectivity index (χ4n) is 20.3. The highest BCUT2D eigenvalue weighted by Crippen LogP contribution is 2.73. The number of carboxylic acid groups (broad SMARTS) is 1. The van der Waals surface area contributed by atoms with Gasteiger partial charge in [0.05, 0.1) is 68.9 Å². The number of benzene rings is 2. The number of ether oxygens (including phenoxy) is 3. The fourth-order valence-corrected chi connectivity index (χ4v) is 20.3. The van der Waals surface area contributed by atoms with E-state index in [-0.39, 0.29) is 96.0 Å². The van der Waals surface area contributed by atoms with Crippen LogP contribution < -0.4 is 4.74 Å². The number of carbonyl (C=O) groups is 4. The molecule has 0 radical (unpaired) electrons. The van der Waals surface area contributed by atoms with E-state index >= 15 is 9.59 Å². The standard InChI is InChI=1S/C68H71F3N6O8/c1-72-32-52-66(72)24-23-50(66)76(52)62(81)65-30-45(65)57-43(16-10-18-49(57)85-68(69,70)71)59-55(37-13-7-4-8-14-37)41-22-20-39(28-47(41)75(59)35-65)61(80)84-26-25-83-48-17-9-15-42-56(48)44-29-64(44,63(82)77-51-31-67(51)53(77)33-73(67)2)34-74-46-27-38(60(78)79)19-21-40(46)54(58(42)74)36-11-5-3-6-12-36/h9-10,16-22,27-28,36-37,44-46,50-53H,3-8,11-15,23-26,29-35H2,1-2H3,(H,78,79)/t44?,45?,46?,50?,51?,52?,53?,64?,65?,66-,67?/m1/s1. The summed E-state index contributed by atoms with van der Waals surface area (Å²) in [5, 5.41) is 11.3. The van der Waals surface area contributed by atoms with E-state index in [0.29, 0.717) is 54.2 Å². The molecule has 10 unspecified atom stereocenters. The van der Waals surface area contributed by atoms with E-state index in [2.05, 4.69) is 49.2 Å². The van der Waals surface area contributed by atoms with Crippen LogP contribution in [0.1, 0.15) is 136 Å². The van der Waals surface area contributed by atoms with Gasteiger partial charge in [-0.2, -0.15) is 0 Å². The number of piperidine rings is 1. The van der Waals surface area contributed by atoms with Crippen LogP contribution in [0.15, 0.2) is 106 Å². The monoisotopic (exact) mass is 1160 g/mol. The topological polar surface area (TPSA) is 137 Å². The predicted octanol–water partition coefficient (Wildman–Crippen LogP) is 10.3. The Balaban J connectivity index is 0.681. The van der Waals surface area contributed by atoms with Crippen molar-refractivity contribution in [1.82, 2.24) is 29.1 Å². The molecule has 2 spiro atoms. The molecular weight excluding hydrogens is 1090 g/mol. The maximum atomic E-state index is 15.4. The van der Waals surface area contributed by atoms with Crippen LogP contribution in [0.4, 0.5) is 13.2 Å². The zero-order valence-corrected chi connectivity index (χ0v) is 48.2. The number of alkyl halides is 3. The normalized spacial score (nSPS) is 36.0. The average Bonchev–Trinajstić information content (AvgIpc) is 1.58. The van der Waals surface area contributed by atoms with Gasteiger partial charge in [0.15, 0.2) is 0 Å². The minimum atomic E-state index is -4.93. The van der Waals surface area contributed by atoms with E-state index in [4.69, 9.17) is 14.2 Å². The molecule has 10 fully saturated rings. The van der Waals surface area contributed by atoms with Crippen LogP contribution in [0.3, 0.4) is 0 Å². The smallest absolute Gasteiger partial charge is 0.490 e. The molecular formula is C68H71F3N6O8. The number of carbonyl (C=O) groups excluding carboxylic acids is 3. The first-order valence-electron chi connectivity index (χ1n) is 31.8. The number of likely N-dealkylation sites (tertiary alicyclic amines) is 4. The second-order valence-corrected chi connectivity index (χ2v) is 28.2. The summed E-state index contributed by atoms with van der Waals surface area (Å²) < 4.78 is 63.3. The first-order chi connectivity index (χ1) is 41.1. The molecule has 4 saturated heterocycles. The molecule has 85 heavy (non-hydrogen) atoms. The highest BCUT2D eigenvalue weighted by molar-refractivity contribution is 6.01. The summed E-state index contributed by atoms with van der Waals surface area (Å²) >= 11 is 0. The summed E-state index contributed by atoms with van der Waals surface area (Å²) in [6.45, 7) is 2.42. The molecule has 6 saturated carbocycles. The van der Waals surface area contributed by atoms with Gasteiger partial charge in [-0.25, -0.2) is 9.59 Å². The van der Waals surface area contributed by atoms with Crippen molar-refractivity contribution in [2.24, 2.45) is 22.7 Å². The van der Waals surface area contributed by atoms with Gasteiger partial charge in [-0.15, -0.1) is 13.2 Å². The van der Waals surface area contributed by atoms with Crippen LogP contribution in [0, 0.1) is 22.7 Å². The van der Waals surface area contributed by atoms with E-state index in [1.165, 1.54) is 18.1 Å². The highest BCUT2D eigenvalue weighted by Gasteiger charge is 2.84. The molecule has 11 atom stereocenters. The van der Waals surface area contributed by atoms with Gasteiger partial charge in [-0.1, -0.05) is 68.9 Å². The van der Waals surface area contributed by atoms with Crippen molar-refractivity contribution in [2.75, 3.05) is 46.9 Å². The summed E-state index contributed by atoms with van der Waals surface area (Å²) in [7, 11) is 4.29. The minimum Gasteiger partial charge on any atom is -0.490 e. The van der Waals surface area contributed by atoms with E-state index < -0.39 is 35.0 Å². The summed E-state index contributed by atoms with van der Waals surface area (Å²) in [5.74, 6) is -0.995. The maximum absolute atomic E-state index is 15.4. The second-order valence-electron chi connectivity index (χ2n) is 28.2. The summed E-state index contributed by atoms with van der Waals surface area (Å²) in [6.07, 6.45) is 20.2. The highest BCUT2D eigenvalue weighted by atomic mass is 19.4. The third-order valence-corrected chi connectivity index (χ3v) is 24.7. The lowest BCUT2D eigenvalue weighted by Crippen LogP contribution is -2.96. The second kappa shape index (κ2) is 17.3. The van der Waals surface area contributed by atoms with Crippen molar-refractivity contribution in [2.45, 2.75) is 169 Å². The summed E-state index contributed by atoms with van der Waals surface area (Å²) in [5.41, 5.74) is 8.55. The number of hydrogen-bond donors (Lipinski definition) is 1. The van der Waals surface area contributed by atoms with Crippen LogP contribution in [-0.4, -0.2) is 153 Å². The SMILES string of the molecule is CN1CC2N(C(=O)C34CC3C3=C(OCCOC(=O)c5ccc6c(C7CCCCC7)c7n(c6c5)CC5(C(=O)N6C8CC[C@]89C6CN9C)CC5c5c(OC(F)(F)F)cccc5-7)C=CCC3=C3C(C5CCCCC5)=C5C=CC(C(=O)O)=CC5N3C4)C3CC231. The Morgan fingerprint density at radius 3 is 2.13 bits per heavy atom. The lowest BCUT2D eigenvalue weighted by Gasteiger charge is -2.80. The molecule has 1 aromatic heterocycles. The number of amides is 2. The molecule has 14 nitrogen and oxygen atoms in total. The van der Waals surface area contributed by atoms with Crippen LogP contribution >= 0.6 is 0 Å². The molecule has 8 aliphatic carbocycles. The number of aromatic nitrogens is 1. The lowest BCUT2D eigenvalue weighted by atomic mass is 9.52. The predicted molar refractivity (Wildman–Crippen MR) is 307 cm³/mol. The molecule has 0 bridgehead atoms. The zero-order chi connectivity index (χ0) is 57.6. The number of esters is 1. The van der Waals surface area contributed by atoms with Gasteiger partial charge in [0.2, 0.25) is 11.8 Å². The van der Waals surface area contributed by atoms with Gasteiger partial charge in [0, 0.05) is 71.3 Å². The number of aliphatic carboxylic acids is 1. The number of likely N-dealkylation sites (N-methyl/N-ethyl adjacent to an activating group) is 2. The van der Waals surface area contributed by atoms with Crippen LogP contribution in [-0.2, 0) is 30.4 Å². The van der Waals surface area contributed by atoms with Gasteiger partial charge in [-0.05, 0) is 149 Å².